The third kappa shape index (κ3) is 5.22. The highest BCUT2D eigenvalue weighted by Crippen LogP contribution is 2.18. The van der Waals surface area contributed by atoms with Crippen molar-refractivity contribution in [3.05, 3.63) is 48.5 Å². The number of nitrogens with zero attached hydrogens (tertiary/aromatic N) is 2. The lowest BCUT2D eigenvalue weighted by molar-refractivity contribution is -0.123. The molecule has 1 aromatic carbocycles. The number of amides is 2. The predicted octanol–water partition coefficient (Wildman–Crippen LogP) is 2.69. The highest BCUT2D eigenvalue weighted by atomic mass is 16.2. The van der Waals surface area contributed by atoms with E-state index in [1.54, 1.807) is 36.8 Å². The third-order valence-electron chi connectivity index (χ3n) is 3.50. The van der Waals surface area contributed by atoms with Crippen LogP contribution in [0, 0.1) is 5.41 Å². The van der Waals surface area contributed by atoms with E-state index in [1.807, 2.05) is 31.5 Å². The summed E-state index contributed by atoms with van der Waals surface area (Å²) in [4.78, 5) is 28.2. The molecule has 2 amide bonds. The summed E-state index contributed by atoms with van der Waals surface area (Å²) < 4.78 is 1.97. The summed E-state index contributed by atoms with van der Waals surface area (Å²) in [6.45, 7) is 6.93. The summed E-state index contributed by atoms with van der Waals surface area (Å²) in [6.07, 6.45) is 6.20. The fourth-order valence-corrected chi connectivity index (χ4v) is 2.04. The molecule has 1 aromatic heterocycles. The summed E-state index contributed by atoms with van der Waals surface area (Å²) in [5.41, 5.74) is 0.677. The van der Waals surface area contributed by atoms with Crippen molar-refractivity contribution >= 4 is 17.5 Å². The molecule has 0 aliphatic rings. The van der Waals surface area contributed by atoms with Crippen LogP contribution in [0.15, 0.2) is 43.0 Å². The smallest absolute Gasteiger partial charge is 0.251 e. The first-order chi connectivity index (χ1) is 11.4. The fraction of sp³-hybridized carbons (Fsp3) is 0.389. The van der Waals surface area contributed by atoms with Gasteiger partial charge in [-0.15, -0.1) is 0 Å². The molecule has 1 heterocycles. The van der Waals surface area contributed by atoms with Crippen molar-refractivity contribution in [1.29, 1.82) is 0 Å². The Labute approximate surface area is 142 Å². The summed E-state index contributed by atoms with van der Waals surface area (Å²) >= 11 is 0. The molecule has 0 radical (unpaired) electrons. The number of benzene rings is 1. The number of aryl methyl sites for hydroxylation is 1. The van der Waals surface area contributed by atoms with Gasteiger partial charge in [0.05, 0.1) is 6.33 Å². The van der Waals surface area contributed by atoms with Crippen LogP contribution < -0.4 is 10.6 Å². The minimum absolute atomic E-state index is 0.0830. The molecule has 0 saturated heterocycles. The molecule has 0 fully saturated rings. The third-order valence-corrected chi connectivity index (χ3v) is 3.50. The molecule has 0 aliphatic carbocycles. The molecule has 6 heteroatoms. The maximum Gasteiger partial charge on any atom is 0.251 e. The Morgan fingerprint density at radius 3 is 2.71 bits per heavy atom. The Hall–Kier alpha value is -2.63. The molecule has 2 rings (SSSR count). The average molecular weight is 328 g/mol. The second-order valence-corrected chi connectivity index (χ2v) is 6.69. The predicted molar refractivity (Wildman–Crippen MR) is 93.7 cm³/mol. The first-order valence-corrected chi connectivity index (χ1v) is 8.02. The van der Waals surface area contributed by atoms with Gasteiger partial charge in [-0.1, -0.05) is 26.8 Å². The number of hydrogen-bond donors (Lipinski definition) is 2. The largest absolute Gasteiger partial charge is 0.352 e. The van der Waals surface area contributed by atoms with Gasteiger partial charge in [0.2, 0.25) is 5.91 Å². The molecule has 128 valence electrons. The van der Waals surface area contributed by atoms with Crippen molar-refractivity contribution in [2.45, 2.75) is 33.7 Å². The minimum Gasteiger partial charge on any atom is -0.352 e. The van der Waals surface area contributed by atoms with E-state index in [2.05, 4.69) is 15.6 Å². The molecule has 0 saturated carbocycles. The Balaban J connectivity index is 1.85. The van der Waals surface area contributed by atoms with Gasteiger partial charge in [0.15, 0.2) is 0 Å². The molecule has 0 aliphatic heterocycles. The number of rotatable bonds is 6. The number of carbonyl (C=O) groups excluding carboxylic acids is 2. The molecular weight excluding hydrogens is 304 g/mol. The SMILES string of the molecule is CC(C)(C)C(=O)Nc1cccc(C(=O)NCCCn2ccnc2)c1. The average Bonchev–Trinajstić information content (AvgIpc) is 3.04. The van der Waals surface area contributed by atoms with Gasteiger partial charge in [0.25, 0.3) is 5.91 Å². The molecule has 0 atom stereocenters. The quantitative estimate of drug-likeness (QED) is 0.801. The van der Waals surface area contributed by atoms with Crippen molar-refractivity contribution in [2.24, 2.45) is 5.41 Å². The van der Waals surface area contributed by atoms with Crippen LogP contribution in [0.1, 0.15) is 37.6 Å². The zero-order chi connectivity index (χ0) is 17.6. The highest BCUT2D eigenvalue weighted by Gasteiger charge is 2.21. The van der Waals surface area contributed by atoms with Crippen LogP contribution in [-0.4, -0.2) is 27.9 Å². The van der Waals surface area contributed by atoms with E-state index >= 15 is 0 Å². The van der Waals surface area contributed by atoms with Crippen LogP contribution in [0.4, 0.5) is 5.69 Å². The van der Waals surface area contributed by atoms with Crippen LogP contribution >= 0.6 is 0 Å². The van der Waals surface area contributed by atoms with E-state index in [0.717, 1.165) is 13.0 Å². The van der Waals surface area contributed by atoms with Gasteiger partial charge in [0, 0.05) is 42.1 Å². The second kappa shape index (κ2) is 7.77. The van der Waals surface area contributed by atoms with Gasteiger partial charge in [-0.05, 0) is 24.6 Å². The lowest BCUT2D eigenvalue weighted by atomic mass is 9.95. The van der Waals surface area contributed by atoms with Crippen molar-refractivity contribution < 1.29 is 9.59 Å². The zero-order valence-electron chi connectivity index (χ0n) is 14.4. The van der Waals surface area contributed by atoms with Gasteiger partial charge >= 0.3 is 0 Å². The lowest BCUT2D eigenvalue weighted by Gasteiger charge is -2.18. The Morgan fingerprint density at radius 1 is 1.25 bits per heavy atom. The molecule has 2 aromatic rings. The standard InChI is InChI=1S/C18H24N4O2/c1-18(2,3)17(24)21-15-7-4-6-14(12-15)16(23)20-8-5-10-22-11-9-19-13-22/h4,6-7,9,11-13H,5,8,10H2,1-3H3,(H,20,23)(H,21,24). The van der Waals surface area contributed by atoms with E-state index in [-0.39, 0.29) is 11.8 Å². The molecular formula is C18H24N4O2. The maximum atomic E-state index is 12.2. The van der Waals surface area contributed by atoms with Crippen molar-refractivity contribution in [2.75, 3.05) is 11.9 Å². The van der Waals surface area contributed by atoms with Gasteiger partial charge in [-0.3, -0.25) is 9.59 Å². The molecule has 2 N–H and O–H groups in total. The molecule has 0 bridgehead atoms. The Morgan fingerprint density at radius 2 is 2.04 bits per heavy atom. The maximum absolute atomic E-state index is 12.2. The zero-order valence-corrected chi connectivity index (χ0v) is 14.4. The van der Waals surface area contributed by atoms with E-state index in [4.69, 9.17) is 0 Å². The number of imidazole rings is 1. The molecule has 0 spiro atoms. The second-order valence-electron chi connectivity index (χ2n) is 6.69. The van der Waals surface area contributed by atoms with Crippen molar-refractivity contribution in [3.8, 4) is 0 Å². The Kier molecular flexibility index (Phi) is 5.73. The number of carbonyl (C=O) groups is 2. The molecule has 0 unspecified atom stereocenters. The van der Waals surface area contributed by atoms with E-state index in [1.165, 1.54) is 0 Å². The first-order valence-electron chi connectivity index (χ1n) is 8.02. The number of nitrogens with one attached hydrogen (secondary N) is 2. The van der Waals surface area contributed by atoms with E-state index < -0.39 is 5.41 Å². The van der Waals surface area contributed by atoms with E-state index in [0.29, 0.717) is 17.8 Å². The van der Waals surface area contributed by atoms with Crippen LogP contribution in [0.3, 0.4) is 0 Å². The van der Waals surface area contributed by atoms with Gasteiger partial charge in [0.1, 0.15) is 0 Å². The van der Waals surface area contributed by atoms with Crippen molar-refractivity contribution in [1.82, 2.24) is 14.9 Å². The Bertz CT molecular complexity index is 687. The van der Waals surface area contributed by atoms with E-state index in [9.17, 15) is 9.59 Å². The monoisotopic (exact) mass is 328 g/mol. The number of hydrogen-bond acceptors (Lipinski definition) is 3. The van der Waals surface area contributed by atoms with Gasteiger partial charge in [-0.25, -0.2) is 4.98 Å². The number of anilines is 1. The lowest BCUT2D eigenvalue weighted by Crippen LogP contribution is -2.28. The topological polar surface area (TPSA) is 76.0 Å². The van der Waals surface area contributed by atoms with Crippen LogP contribution in [-0.2, 0) is 11.3 Å². The summed E-state index contributed by atoms with van der Waals surface area (Å²) in [5, 5.41) is 5.72. The minimum atomic E-state index is -0.481. The summed E-state index contributed by atoms with van der Waals surface area (Å²) in [6, 6.07) is 6.96. The molecule has 6 nitrogen and oxygen atoms in total. The fourth-order valence-electron chi connectivity index (χ4n) is 2.04. The van der Waals surface area contributed by atoms with Crippen LogP contribution in [0.25, 0.3) is 0 Å². The van der Waals surface area contributed by atoms with Gasteiger partial charge < -0.3 is 15.2 Å². The molecule has 24 heavy (non-hydrogen) atoms. The highest BCUT2D eigenvalue weighted by molar-refractivity contribution is 5.98. The first kappa shape index (κ1) is 17.7. The van der Waals surface area contributed by atoms with Gasteiger partial charge in [-0.2, -0.15) is 0 Å². The summed E-state index contributed by atoms with van der Waals surface area (Å²) in [7, 11) is 0. The summed E-state index contributed by atoms with van der Waals surface area (Å²) in [5.74, 6) is -0.229. The van der Waals surface area contributed by atoms with Crippen LogP contribution in [0.5, 0.6) is 0 Å². The van der Waals surface area contributed by atoms with Crippen molar-refractivity contribution in [3.63, 3.8) is 0 Å². The normalized spacial score (nSPS) is 11.1. The van der Waals surface area contributed by atoms with Crippen LogP contribution in [0.2, 0.25) is 0 Å². The number of aromatic nitrogens is 2.